The van der Waals surface area contributed by atoms with Crippen LogP contribution in [0.3, 0.4) is 0 Å². The maximum absolute atomic E-state index is 11.7. The van der Waals surface area contributed by atoms with Crippen LogP contribution in [0.5, 0.6) is 0 Å². The molecule has 0 amide bonds. The molecule has 0 radical (unpaired) electrons. The Morgan fingerprint density at radius 2 is 2.27 bits per heavy atom. The van der Waals surface area contributed by atoms with E-state index in [9.17, 15) is 4.79 Å². The average Bonchev–Trinajstić information content (AvgIpc) is 2.84. The molecule has 0 bridgehead atoms. The van der Waals surface area contributed by atoms with Crippen LogP contribution in [-0.2, 0) is 4.74 Å². The molecule has 2 rings (SSSR count). The molecule has 0 atom stereocenters. The van der Waals surface area contributed by atoms with Gasteiger partial charge in [0.25, 0.3) is 0 Å². The van der Waals surface area contributed by atoms with E-state index in [-0.39, 0.29) is 12.4 Å². The van der Waals surface area contributed by atoms with Crippen LogP contribution >= 0.6 is 27.3 Å². The van der Waals surface area contributed by atoms with Crippen molar-refractivity contribution in [3.05, 3.63) is 20.8 Å². The molecule has 0 spiro atoms. The Bertz CT molecular complexity index is 342. The lowest BCUT2D eigenvalue weighted by molar-refractivity contribution is 0.0485. The minimum absolute atomic E-state index is 0.0868. The number of hydrogen-bond donors (Lipinski definition) is 0. The van der Waals surface area contributed by atoms with E-state index in [1.54, 1.807) is 0 Å². The second kappa shape index (κ2) is 5.23. The molecule has 0 aromatic carbocycles. The highest BCUT2D eigenvalue weighted by molar-refractivity contribution is 9.10. The van der Waals surface area contributed by atoms with Crippen molar-refractivity contribution in [2.75, 3.05) is 6.61 Å². The van der Waals surface area contributed by atoms with Gasteiger partial charge in [-0.05, 0) is 40.2 Å². The molecule has 1 aliphatic rings. The van der Waals surface area contributed by atoms with Crippen molar-refractivity contribution in [3.8, 4) is 0 Å². The lowest BCUT2D eigenvalue weighted by Crippen LogP contribution is -2.15. The summed E-state index contributed by atoms with van der Waals surface area (Å²) >= 11 is 4.82. The summed E-state index contributed by atoms with van der Waals surface area (Å²) in [6.45, 7) is 0.226. The van der Waals surface area contributed by atoms with Crippen molar-refractivity contribution in [3.63, 3.8) is 0 Å². The van der Waals surface area contributed by atoms with Crippen LogP contribution in [-0.4, -0.2) is 18.5 Å². The normalized spacial score (nSPS) is 17.1. The molecule has 1 aromatic rings. The fraction of sp³-hybridized carbons (Fsp3) is 0.545. The van der Waals surface area contributed by atoms with Gasteiger partial charge in [0.15, 0.2) is 5.78 Å². The summed E-state index contributed by atoms with van der Waals surface area (Å²) in [5, 5.41) is 1.91. The highest BCUT2D eigenvalue weighted by Gasteiger charge is 2.18. The summed E-state index contributed by atoms with van der Waals surface area (Å²) in [6.07, 6.45) is 5.01. The molecule has 0 aliphatic heterocycles. The molecule has 1 aliphatic carbocycles. The predicted octanol–water partition coefficient (Wildman–Crippen LogP) is 3.65. The molecule has 1 saturated carbocycles. The predicted molar refractivity (Wildman–Crippen MR) is 64.6 cm³/mol. The minimum atomic E-state index is 0.0868. The first-order valence-corrected chi connectivity index (χ1v) is 6.82. The average molecular weight is 289 g/mol. The molecule has 1 fully saturated rings. The Hall–Kier alpha value is -0.190. The summed E-state index contributed by atoms with van der Waals surface area (Å²) in [5.74, 6) is 0.0868. The van der Waals surface area contributed by atoms with E-state index in [4.69, 9.17) is 4.74 Å². The summed E-state index contributed by atoms with van der Waals surface area (Å²) in [5.41, 5.74) is 0. The summed E-state index contributed by atoms with van der Waals surface area (Å²) < 4.78 is 6.46. The first kappa shape index (κ1) is 11.3. The van der Waals surface area contributed by atoms with Gasteiger partial charge in [0.05, 0.1) is 11.0 Å². The first-order valence-electron chi connectivity index (χ1n) is 5.15. The zero-order valence-corrected chi connectivity index (χ0v) is 10.8. The molecular formula is C11H13BrO2S. The van der Waals surface area contributed by atoms with Crippen LogP contribution < -0.4 is 0 Å². The Morgan fingerprint density at radius 1 is 1.53 bits per heavy atom. The van der Waals surface area contributed by atoms with Crippen molar-refractivity contribution in [2.24, 2.45) is 0 Å². The van der Waals surface area contributed by atoms with Crippen molar-refractivity contribution >= 4 is 33.0 Å². The van der Waals surface area contributed by atoms with Gasteiger partial charge in [-0.2, -0.15) is 0 Å². The van der Waals surface area contributed by atoms with E-state index in [0.29, 0.717) is 6.10 Å². The Labute approximate surface area is 102 Å². The first-order chi connectivity index (χ1) is 7.27. The van der Waals surface area contributed by atoms with E-state index >= 15 is 0 Å². The van der Waals surface area contributed by atoms with Gasteiger partial charge in [-0.3, -0.25) is 4.79 Å². The second-order valence-corrected chi connectivity index (χ2v) is 5.51. The molecule has 2 nitrogen and oxygen atoms in total. The third-order valence-electron chi connectivity index (χ3n) is 2.62. The van der Waals surface area contributed by atoms with Crippen LogP contribution in [0.25, 0.3) is 0 Å². The second-order valence-electron chi connectivity index (χ2n) is 3.74. The van der Waals surface area contributed by atoms with E-state index < -0.39 is 0 Å². The Morgan fingerprint density at radius 3 is 2.87 bits per heavy atom. The Balaban J connectivity index is 1.84. The van der Waals surface area contributed by atoms with Gasteiger partial charge in [0.2, 0.25) is 0 Å². The molecule has 1 aromatic heterocycles. The molecule has 82 valence electrons. The number of thiophene rings is 1. The number of ketones is 1. The van der Waals surface area contributed by atoms with Gasteiger partial charge >= 0.3 is 0 Å². The number of rotatable bonds is 4. The molecular weight excluding hydrogens is 276 g/mol. The largest absolute Gasteiger partial charge is 0.370 e. The number of Topliss-reactive ketones (excluding diaryl/α,β-unsaturated/α-hetero) is 1. The van der Waals surface area contributed by atoms with E-state index in [1.807, 2.05) is 11.4 Å². The highest BCUT2D eigenvalue weighted by Crippen LogP contribution is 2.25. The fourth-order valence-corrected chi connectivity index (χ4v) is 3.33. The topological polar surface area (TPSA) is 26.3 Å². The van der Waals surface area contributed by atoms with Crippen molar-refractivity contribution in [1.82, 2.24) is 0 Å². The van der Waals surface area contributed by atoms with Crippen LogP contribution in [0.4, 0.5) is 0 Å². The van der Waals surface area contributed by atoms with Gasteiger partial charge in [-0.15, -0.1) is 11.3 Å². The fourth-order valence-electron chi connectivity index (χ4n) is 1.81. The lowest BCUT2D eigenvalue weighted by atomic mass is 10.3. The molecule has 15 heavy (non-hydrogen) atoms. The number of carbonyl (C=O) groups is 1. The van der Waals surface area contributed by atoms with Crippen LogP contribution in [0.2, 0.25) is 0 Å². The quantitative estimate of drug-likeness (QED) is 0.791. The zero-order chi connectivity index (χ0) is 10.7. The maximum Gasteiger partial charge on any atom is 0.199 e. The zero-order valence-electron chi connectivity index (χ0n) is 8.37. The number of hydrogen-bond acceptors (Lipinski definition) is 3. The molecule has 0 N–H and O–H groups in total. The monoisotopic (exact) mass is 288 g/mol. The summed E-state index contributed by atoms with van der Waals surface area (Å²) in [4.78, 5) is 12.5. The van der Waals surface area contributed by atoms with Crippen LogP contribution in [0, 0.1) is 0 Å². The molecule has 0 unspecified atom stereocenters. The third kappa shape index (κ3) is 2.89. The van der Waals surface area contributed by atoms with E-state index in [1.165, 1.54) is 24.2 Å². The number of ether oxygens (including phenoxy) is 1. The maximum atomic E-state index is 11.7. The smallest absolute Gasteiger partial charge is 0.199 e. The summed E-state index contributed by atoms with van der Waals surface area (Å²) in [6, 6.07) is 1.90. The minimum Gasteiger partial charge on any atom is -0.370 e. The van der Waals surface area contributed by atoms with Gasteiger partial charge in [-0.25, -0.2) is 0 Å². The van der Waals surface area contributed by atoms with Gasteiger partial charge in [0.1, 0.15) is 6.61 Å². The number of halogens is 1. The third-order valence-corrected chi connectivity index (χ3v) is 4.50. The standard InChI is InChI=1S/C11H13BrO2S/c12-9-5-6-15-11(9)10(13)7-14-8-3-1-2-4-8/h5-6,8H,1-4,7H2. The Kier molecular flexibility index (Phi) is 3.94. The van der Waals surface area contributed by atoms with Crippen molar-refractivity contribution < 1.29 is 9.53 Å². The molecule has 0 saturated heterocycles. The highest BCUT2D eigenvalue weighted by atomic mass is 79.9. The van der Waals surface area contributed by atoms with Crippen molar-refractivity contribution in [2.45, 2.75) is 31.8 Å². The lowest BCUT2D eigenvalue weighted by Gasteiger charge is -2.09. The van der Waals surface area contributed by atoms with Crippen LogP contribution in [0.15, 0.2) is 15.9 Å². The van der Waals surface area contributed by atoms with E-state index in [2.05, 4.69) is 15.9 Å². The SMILES string of the molecule is O=C(COC1CCCC1)c1sccc1Br. The van der Waals surface area contributed by atoms with Gasteiger partial charge < -0.3 is 4.74 Å². The summed E-state index contributed by atoms with van der Waals surface area (Å²) in [7, 11) is 0. The number of carbonyl (C=O) groups excluding carboxylic acids is 1. The van der Waals surface area contributed by atoms with Crippen molar-refractivity contribution in [1.29, 1.82) is 0 Å². The molecule has 1 heterocycles. The van der Waals surface area contributed by atoms with Gasteiger partial charge in [-0.1, -0.05) is 12.8 Å². The van der Waals surface area contributed by atoms with E-state index in [0.717, 1.165) is 22.2 Å². The molecule has 4 heteroatoms. The van der Waals surface area contributed by atoms with Gasteiger partial charge in [0, 0.05) is 4.47 Å². The van der Waals surface area contributed by atoms with Crippen LogP contribution in [0.1, 0.15) is 35.4 Å².